The molecule has 0 aromatic heterocycles. The van der Waals surface area contributed by atoms with Crippen molar-refractivity contribution in [2.24, 2.45) is 0 Å². The van der Waals surface area contributed by atoms with Crippen molar-refractivity contribution in [1.82, 2.24) is 0 Å². The monoisotopic (exact) mass is 490 g/mol. The number of hydrogen-bond donors (Lipinski definition) is 0. The fraction of sp³-hybridized carbons (Fsp3) is 0.333. The predicted molar refractivity (Wildman–Crippen MR) is 157 cm³/mol. The molecule has 0 atom stereocenters. The first kappa shape index (κ1) is 26.7. The summed E-state index contributed by atoms with van der Waals surface area (Å²) in [5.41, 5.74) is 6.18. The smallest absolute Gasteiger partial charge is 0.138 e. The Balaban J connectivity index is 1.43. The lowest BCUT2D eigenvalue weighted by Crippen LogP contribution is -1.90. The highest BCUT2D eigenvalue weighted by Gasteiger charge is 2.10. The van der Waals surface area contributed by atoms with Crippen molar-refractivity contribution in [3.05, 3.63) is 107 Å². The van der Waals surface area contributed by atoms with Crippen LogP contribution in [0.25, 0.3) is 21.9 Å². The van der Waals surface area contributed by atoms with Gasteiger partial charge in [-0.15, -0.1) is 0 Å². The molecule has 0 spiro atoms. The van der Waals surface area contributed by atoms with Crippen LogP contribution in [0.2, 0.25) is 0 Å². The largest absolute Gasteiger partial charge is 0.206 e. The van der Waals surface area contributed by atoms with Crippen molar-refractivity contribution >= 4 is 10.8 Å². The van der Waals surface area contributed by atoms with E-state index >= 15 is 4.39 Å². The Morgan fingerprint density at radius 3 is 1.84 bits per heavy atom. The van der Waals surface area contributed by atoms with Gasteiger partial charge in [0.05, 0.1) is 0 Å². The molecule has 0 amide bonds. The molecule has 0 unspecified atom stereocenters. The summed E-state index contributed by atoms with van der Waals surface area (Å²) in [6.07, 6.45) is 12.4. The van der Waals surface area contributed by atoms with Gasteiger partial charge in [0.1, 0.15) is 5.82 Å². The van der Waals surface area contributed by atoms with Crippen molar-refractivity contribution in [3.63, 3.8) is 0 Å². The summed E-state index contributed by atoms with van der Waals surface area (Å²) in [5.74, 6) is 6.36. The zero-order valence-electron chi connectivity index (χ0n) is 22.5. The van der Waals surface area contributed by atoms with Gasteiger partial charge in [-0.1, -0.05) is 119 Å². The Hall–Kier alpha value is -3.37. The minimum absolute atomic E-state index is 0.166. The zero-order valence-corrected chi connectivity index (χ0v) is 22.5. The van der Waals surface area contributed by atoms with Gasteiger partial charge in [0, 0.05) is 22.1 Å². The van der Waals surface area contributed by atoms with E-state index in [-0.39, 0.29) is 5.82 Å². The number of aryl methyl sites for hydroxylation is 2. The molecule has 4 rings (SSSR count). The fourth-order valence-electron chi connectivity index (χ4n) is 4.85. The second-order valence-corrected chi connectivity index (χ2v) is 10.1. The van der Waals surface area contributed by atoms with Crippen LogP contribution in [0, 0.1) is 17.7 Å². The molecular weight excluding hydrogens is 451 g/mol. The predicted octanol–water partition coefficient (Wildman–Crippen LogP) is 10.3. The molecule has 190 valence electrons. The molecule has 4 aromatic carbocycles. The van der Waals surface area contributed by atoms with E-state index in [0.717, 1.165) is 34.9 Å². The molecule has 4 aromatic rings. The van der Waals surface area contributed by atoms with Crippen LogP contribution < -0.4 is 0 Å². The zero-order chi connectivity index (χ0) is 25.9. The van der Waals surface area contributed by atoms with Crippen molar-refractivity contribution in [1.29, 1.82) is 0 Å². The van der Waals surface area contributed by atoms with Crippen molar-refractivity contribution in [2.45, 2.75) is 78.1 Å². The first-order valence-electron chi connectivity index (χ1n) is 14.1. The Morgan fingerprint density at radius 1 is 0.568 bits per heavy atom. The molecule has 0 aliphatic rings. The third-order valence-electron chi connectivity index (χ3n) is 7.16. The van der Waals surface area contributed by atoms with Gasteiger partial charge in [0.25, 0.3) is 0 Å². The van der Waals surface area contributed by atoms with Gasteiger partial charge in [-0.2, -0.15) is 0 Å². The van der Waals surface area contributed by atoms with Crippen LogP contribution in [-0.2, 0) is 12.8 Å². The van der Waals surface area contributed by atoms with E-state index < -0.39 is 0 Å². The lowest BCUT2D eigenvalue weighted by molar-refractivity contribution is 0.632. The van der Waals surface area contributed by atoms with Gasteiger partial charge in [-0.05, 0) is 72.0 Å². The minimum atomic E-state index is -0.166. The van der Waals surface area contributed by atoms with E-state index in [2.05, 4.69) is 62.1 Å². The number of fused-ring (bicyclic) bond motifs is 1. The van der Waals surface area contributed by atoms with Gasteiger partial charge in [-0.3, -0.25) is 0 Å². The Labute approximate surface area is 223 Å². The van der Waals surface area contributed by atoms with Crippen molar-refractivity contribution in [2.75, 3.05) is 0 Å². The van der Waals surface area contributed by atoms with Crippen LogP contribution in [-0.4, -0.2) is 0 Å². The second kappa shape index (κ2) is 13.8. The van der Waals surface area contributed by atoms with Gasteiger partial charge < -0.3 is 0 Å². The molecule has 1 heteroatoms. The highest BCUT2D eigenvalue weighted by atomic mass is 19.1. The average Bonchev–Trinajstić information content (AvgIpc) is 2.93. The molecule has 37 heavy (non-hydrogen) atoms. The summed E-state index contributed by atoms with van der Waals surface area (Å²) in [6.45, 7) is 4.47. The molecule has 0 saturated heterocycles. The van der Waals surface area contributed by atoms with Crippen LogP contribution in [0.15, 0.2) is 78.9 Å². The molecule has 0 heterocycles. The maximum absolute atomic E-state index is 15.4. The number of halogens is 1. The Morgan fingerprint density at radius 2 is 1.14 bits per heavy atom. The number of hydrogen-bond acceptors (Lipinski definition) is 0. The second-order valence-electron chi connectivity index (χ2n) is 10.1. The topological polar surface area (TPSA) is 0 Å². The van der Waals surface area contributed by atoms with E-state index in [9.17, 15) is 0 Å². The summed E-state index contributed by atoms with van der Waals surface area (Å²) >= 11 is 0. The molecule has 0 bridgehead atoms. The molecule has 0 fully saturated rings. The van der Waals surface area contributed by atoms with E-state index in [0.29, 0.717) is 10.9 Å². The standard InChI is InChI=1S/C36H39F/c1-3-5-7-8-10-12-28-13-15-30(16-14-28)17-18-31-21-25-35-33(27-31)24-26-34(36(35)37)32-22-19-29(20-23-32)11-9-6-4-2/h13-16,19-27H,3-12H2,1-2H3. The molecule has 0 radical (unpaired) electrons. The van der Waals surface area contributed by atoms with Crippen LogP contribution in [0.4, 0.5) is 4.39 Å². The third-order valence-corrected chi connectivity index (χ3v) is 7.16. The van der Waals surface area contributed by atoms with Crippen LogP contribution in [0.3, 0.4) is 0 Å². The minimum Gasteiger partial charge on any atom is -0.206 e. The lowest BCUT2D eigenvalue weighted by Gasteiger charge is -2.09. The Bertz CT molecular complexity index is 1330. The summed E-state index contributed by atoms with van der Waals surface area (Å²) in [6, 6.07) is 26.6. The summed E-state index contributed by atoms with van der Waals surface area (Å²) in [5, 5.41) is 1.51. The fourth-order valence-corrected chi connectivity index (χ4v) is 4.85. The van der Waals surface area contributed by atoms with E-state index in [1.54, 1.807) is 0 Å². The molecular formula is C36H39F. The third kappa shape index (κ3) is 7.56. The van der Waals surface area contributed by atoms with Crippen LogP contribution >= 0.6 is 0 Å². The lowest BCUT2D eigenvalue weighted by atomic mass is 9.97. The van der Waals surface area contributed by atoms with Gasteiger partial charge in [-0.25, -0.2) is 4.39 Å². The van der Waals surface area contributed by atoms with Gasteiger partial charge in [0.15, 0.2) is 0 Å². The normalized spacial score (nSPS) is 10.9. The number of benzene rings is 4. The van der Waals surface area contributed by atoms with Gasteiger partial charge >= 0.3 is 0 Å². The van der Waals surface area contributed by atoms with E-state index in [1.807, 2.05) is 42.5 Å². The van der Waals surface area contributed by atoms with Crippen LogP contribution in [0.5, 0.6) is 0 Å². The maximum atomic E-state index is 15.4. The van der Waals surface area contributed by atoms with E-state index in [4.69, 9.17) is 0 Å². The first-order valence-corrected chi connectivity index (χ1v) is 14.1. The number of rotatable bonds is 11. The molecule has 0 aliphatic heterocycles. The quantitative estimate of drug-likeness (QED) is 0.145. The highest BCUT2D eigenvalue weighted by molar-refractivity contribution is 5.89. The number of unbranched alkanes of at least 4 members (excludes halogenated alkanes) is 6. The highest BCUT2D eigenvalue weighted by Crippen LogP contribution is 2.30. The average molecular weight is 491 g/mol. The van der Waals surface area contributed by atoms with Gasteiger partial charge in [0.2, 0.25) is 0 Å². The summed E-state index contributed by atoms with van der Waals surface area (Å²) < 4.78 is 15.4. The summed E-state index contributed by atoms with van der Waals surface area (Å²) in [7, 11) is 0. The maximum Gasteiger partial charge on any atom is 0.138 e. The first-order chi connectivity index (χ1) is 18.2. The molecule has 0 nitrogen and oxygen atoms in total. The molecule has 0 saturated carbocycles. The van der Waals surface area contributed by atoms with Crippen molar-refractivity contribution < 1.29 is 4.39 Å². The van der Waals surface area contributed by atoms with Crippen LogP contribution in [0.1, 0.15) is 87.5 Å². The SMILES string of the molecule is CCCCCCCc1ccc(C#Cc2ccc3c(F)c(-c4ccc(CCCCC)cc4)ccc3c2)cc1. The Kier molecular flexibility index (Phi) is 9.96. The van der Waals surface area contributed by atoms with Crippen molar-refractivity contribution in [3.8, 4) is 23.0 Å². The molecule has 0 aliphatic carbocycles. The molecule has 0 N–H and O–H groups in total. The van der Waals surface area contributed by atoms with E-state index in [1.165, 1.54) is 62.5 Å². The summed E-state index contributed by atoms with van der Waals surface area (Å²) in [4.78, 5) is 0.